The Morgan fingerprint density at radius 3 is 0.776 bits per heavy atom. The van der Waals surface area contributed by atoms with E-state index in [0.717, 1.165) is 102 Å². The van der Waals surface area contributed by atoms with Crippen LogP contribution >= 0.6 is 15.6 Å². The van der Waals surface area contributed by atoms with Gasteiger partial charge in [-0.25, -0.2) is 9.13 Å². The molecule has 3 unspecified atom stereocenters. The molecule has 0 aliphatic carbocycles. The van der Waals surface area contributed by atoms with Gasteiger partial charge in [0, 0.05) is 25.7 Å². The zero-order valence-electron chi connectivity index (χ0n) is 64.1. The molecule has 0 aromatic heterocycles. The molecule has 0 spiro atoms. The molecule has 0 aliphatic heterocycles. The average Bonchev–Trinajstić information content (AvgIpc) is 1.56. The predicted octanol–water partition coefficient (Wildman–Crippen LogP) is 23.5. The molecule has 0 aromatic rings. The third kappa shape index (κ3) is 71.1. The number of aliphatic hydroxyl groups excluding tert-OH is 1. The second-order valence-corrected chi connectivity index (χ2v) is 32.1. The Hall–Kier alpha value is -1.94. The third-order valence-corrected chi connectivity index (χ3v) is 20.7. The second kappa shape index (κ2) is 70.7. The van der Waals surface area contributed by atoms with Crippen LogP contribution in [0.1, 0.15) is 414 Å². The van der Waals surface area contributed by atoms with Crippen LogP contribution in [0, 0.1) is 11.8 Å². The molecule has 0 fully saturated rings. The summed E-state index contributed by atoms with van der Waals surface area (Å²) in [7, 11) is -9.92. The van der Waals surface area contributed by atoms with Crippen molar-refractivity contribution < 1.29 is 80.2 Å². The number of carbonyl (C=O) groups is 4. The summed E-state index contributed by atoms with van der Waals surface area (Å²) in [6, 6.07) is 0. The van der Waals surface area contributed by atoms with Crippen LogP contribution in [0.5, 0.6) is 0 Å². The van der Waals surface area contributed by atoms with E-state index in [4.69, 9.17) is 37.0 Å². The summed E-state index contributed by atoms with van der Waals surface area (Å²) >= 11 is 0. The molecule has 6 atom stereocenters. The van der Waals surface area contributed by atoms with Crippen molar-refractivity contribution in [2.24, 2.45) is 11.8 Å². The SMILES string of the molecule is CCCCCCCCCCCCCCCCCCCCC(=O)O[C@H](COC(=O)CCCCCCCCCCCCC(C)CC)COP(=O)(O)OC[C@@H](O)COP(=O)(O)OC[C@@H](COC(=O)CCCCCCCCCCCC(C)C)OC(=O)CCCCCCCCCCCCCCCC. The van der Waals surface area contributed by atoms with Crippen LogP contribution in [0.4, 0.5) is 0 Å². The molecule has 0 saturated heterocycles. The van der Waals surface area contributed by atoms with Gasteiger partial charge in [-0.1, -0.05) is 363 Å². The van der Waals surface area contributed by atoms with Gasteiger partial charge in [-0.2, -0.15) is 0 Å². The number of phosphoric acid groups is 2. The summed E-state index contributed by atoms with van der Waals surface area (Å²) in [6.45, 7) is 9.64. The number of rotatable bonds is 78. The number of esters is 4. The maximum atomic E-state index is 13.1. The van der Waals surface area contributed by atoms with Crippen molar-refractivity contribution >= 4 is 39.5 Å². The molecule has 0 saturated carbocycles. The van der Waals surface area contributed by atoms with Crippen LogP contribution < -0.4 is 0 Å². The maximum Gasteiger partial charge on any atom is 0.472 e. The van der Waals surface area contributed by atoms with E-state index in [0.29, 0.717) is 25.7 Å². The summed E-state index contributed by atoms with van der Waals surface area (Å²) in [6.07, 6.45) is 59.5. The van der Waals surface area contributed by atoms with Gasteiger partial charge in [0.15, 0.2) is 12.2 Å². The first-order valence-electron chi connectivity index (χ1n) is 41.0. The van der Waals surface area contributed by atoms with Crippen molar-refractivity contribution in [2.75, 3.05) is 39.6 Å². The number of aliphatic hydroxyl groups is 1. The molecule has 0 heterocycles. The smallest absolute Gasteiger partial charge is 0.462 e. The van der Waals surface area contributed by atoms with Gasteiger partial charge in [-0.15, -0.1) is 0 Å². The molecule has 0 bridgehead atoms. The van der Waals surface area contributed by atoms with E-state index < -0.39 is 97.5 Å². The largest absolute Gasteiger partial charge is 0.472 e. The van der Waals surface area contributed by atoms with Crippen molar-refractivity contribution in [3.63, 3.8) is 0 Å². The number of phosphoric ester groups is 2. The molecule has 0 rings (SSSR count). The number of carbonyl (C=O) groups excluding carboxylic acids is 4. The normalized spacial score (nSPS) is 14.2. The number of unbranched alkanes of at least 4 members (excludes halogenated alkanes) is 47. The first-order chi connectivity index (χ1) is 47.4. The van der Waals surface area contributed by atoms with Crippen LogP contribution in [0.15, 0.2) is 0 Å². The van der Waals surface area contributed by atoms with Gasteiger partial charge in [0.25, 0.3) is 0 Å². The van der Waals surface area contributed by atoms with E-state index >= 15 is 0 Å². The van der Waals surface area contributed by atoms with Gasteiger partial charge in [0.2, 0.25) is 0 Å². The van der Waals surface area contributed by atoms with Gasteiger partial charge in [-0.3, -0.25) is 37.3 Å². The molecule has 98 heavy (non-hydrogen) atoms. The van der Waals surface area contributed by atoms with Gasteiger partial charge < -0.3 is 33.8 Å². The highest BCUT2D eigenvalue weighted by atomic mass is 31.2. The first kappa shape index (κ1) is 96.1. The molecule has 19 heteroatoms. The molecule has 0 aromatic carbocycles. The lowest BCUT2D eigenvalue weighted by atomic mass is 9.99. The monoisotopic (exact) mass is 1440 g/mol. The molecular formula is C79H154O17P2. The number of ether oxygens (including phenoxy) is 4. The Kier molecular flexibility index (Phi) is 69.3. The van der Waals surface area contributed by atoms with Crippen LogP contribution in [0.2, 0.25) is 0 Å². The highest BCUT2D eigenvalue weighted by Crippen LogP contribution is 2.45. The quantitative estimate of drug-likeness (QED) is 0.0222. The minimum atomic E-state index is -4.96. The Balaban J connectivity index is 5.26. The lowest BCUT2D eigenvalue weighted by Gasteiger charge is -2.21. The maximum absolute atomic E-state index is 13.1. The third-order valence-electron chi connectivity index (χ3n) is 18.8. The van der Waals surface area contributed by atoms with Crippen LogP contribution in [-0.4, -0.2) is 96.7 Å². The summed E-state index contributed by atoms with van der Waals surface area (Å²) < 4.78 is 68.7. The van der Waals surface area contributed by atoms with Crippen LogP contribution in [-0.2, 0) is 65.4 Å². The molecule has 0 radical (unpaired) electrons. The second-order valence-electron chi connectivity index (χ2n) is 29.2. The molecule has 582 valence electrons. The van der Waals surface area contributed by atoms with E-state index in [1.165, 1.54) is 231 Å². The van der Waals surface area contributed by atoms with Crippen molar-refractivity contribution in [2.45, 2.75) is 432 Å². The Bertz CT molecular complexity index is 1890. The van der Waals surface area contributed by atoms with Crippen molar-refractivity contribution in [1.82, 2.24) is 0 Å². The lowest BCUT2D eigenvalue weighted by Crippen LogP contribution is -2.30. The van der Waals surface area contributed by atoms with E-state index in [2.05, 4.69) is 41.5 Å². The van der Waals surface area contributed by atoms with Crippen molar-refractivity contribution in [1.29, 1.82) is 0 Å². The average molecular weight is 1440 g/mol. The van der Waals surface area contributed by atoms with Crippen LogP contribution in [0.25, 0.3) is 0 Å². The van der Waals surface area contributed by atoms with E-state index in [1.54, 1.807) is 0 Å². The fourth-order valence-electron chi connectivity index (χ4n) is 12.2. The topological polar surface area (TPSA) is 237 Å². The Morgan fingerprint density at radius 1 is 0.296 bits per heavy atom. The summed E-state index contributed by atoms with van der Waals surface area (Å²) in [5.41, 5.74) is 0. The van der Waals surface area contributed by atoms with Crippen molar-refractivity contribution in [3.05, 3.63) is 0 Å². The molecule has 17 nitrogen and oxygen atoms in total. The van der Waals surface area contributed by atoms with Gasteiger partial charge in [-0.05, 0) is 37.5 Å². The molecular weight excluding hydrogens is 1280 g/mol. The highest BCUT2D eigenvalue weighted by Gasteiger charge is 2.30. The van der Waals surface area contributed by atoms with E-state index in [-0.39, 0.29) is 25.7 Å². The fourth-order valence-corrected chi connectivity index (χ4v) is 13.7. The van der Waals surface area contributed by atoms with Gasteiger partial charge in [0.1, 0.15) is 19.3 Å². The van der Waals surface area contributed by atoms with Crippen LogP contribution in [0.3, 0.4) is 0 Å². The fraction of sp³-hybridized carbons (Fsp3) is 0.949. The number of hydrogen-bond donors (Lipinski definition) is 3. The van der Waals surface area contributed by atoms with Gasteiger partial charge in [0.05, 0.1) is 26.4 Å². The van der Waals surface area contributed by atoms with Gasteiger partial charge >= 0.3 is 39.5 Å². The lowest BCUT2D eigenvalue weighted by molar-refractivity contribution is -0.161. The first-order valence-corrected chi connectivity index (χ1v) is 44.0. The predicted molar refractivity (Wildman–Crippen MR) is 400 cm³/mol. The Labute approximate surface area is 600 Å². The number of hydrogen-bond acceptors (Lipinski definition) is 15. The minimum absolute atomic E-state index is 0.108. The Morgan fingerprint density at radius 2 is 0.520 bits per heavy atom. The van der Waals surface area contributed by atoms with E-state index in [1.807, 2.05) is 0 Å². The summed E-state index contributed by atoms with van der Waals surface area (Å²) in [4.78, 5) is 73.0. The molecule has 0 amide bonds. The molecule has 3 N–H and O–H groups in total. The molecule has 0 aliphatic rings. The summed E-state index contributed by atoms with van der Waals surface area (Å²) in [5.74, 6) is -0.556. The standard InChI is InChI=1S/C79H154O17P2/c1-7-10-12-14-16-18-20-22-24-25-26-27-29-31-39-46-52-58-64-79(84)95-74(67-89-76(81)61-55-49-43-37-33-32-36-42-48-54-60-72(6)9-3)69-93-97(85,86)91-65-73(80)66-92-98(87,88)94-70-75(68-90-77(82)62-56-50-44-40-34-35-41-47-53-59-71(4)5)96-78(83)63-57-51-45-38-30-28-23-21-19-17-15-13-11-8-2/h71-75,80H,7-70H2,1-6H3,(H,85,86)(H,87,88)/t72?,73-,74-,75-/m1/s1. The van der Waals surface area contributed by atoms with E-state index in [9.17, 15) is 43.2 Å². The summed E-state index contributed by atoms with van der Waals surface area (Å²) in [5, 5.41) is 10.6. The highest BCUT2D eigenvalue weighted by molar-refractivity contribution is 7.47. The van der Waals surface area contributed by atoms with Crippen molar-refractivity contribution in [3.8, 4) is 0 Å². The minimum Gasteiger partial charge on any atom is -0.462 e. The zero-order chi connectivity index (χ0) is 72.1. The zero-order valence-corrected chi connectivity index (χ0v) is 65.9.